The molecule has 0 aliphatic heterocycles. The highest BCUT2D eigenvalue weighted by Crippen LogP contribution is 2.31. The summed E-state index contributed by atoms with van der Waals surface area (Å²) in [5.41, 5.74) is -0.933. The normalized spacial score (nSPS) is 11.3. The van der Waals surface area contributed by atoms with Crippen LogP contribution in [-0.4, -0.2) is 48.7 Å². The molecule has 0 radical (unpaired) electrons. The molecule has 0 saturated carbocycles. The van der Waals surface area contributed by atoms with Gasteiger partial charge in [-0.25, -0.2) is 0 Å². The molecule has 0 bridgehead atoms. The molecule has 0 aromatic carbocycles. The molecule has 0 atom stereocenters. The third kappa shape index (κ3) is 4.29. The van der Waals surface area contributed by atoms with Crippen molar-refractivity contribution in [2.45, 2.75) is 40.0 Å². The second kappa shape index (κ2) is 8.08. The second-order valence-corrected chi connectivity index (χ2v) is 4.44. The summed E-state index contributed by atoms with van der Waals surface area (Å²) in [6, 6.07) is 0. The first-order valence-corrected chi connectivity index (χ1v) is 6.47. The van der Waals surface area contributed by atoms with Gasteiger partial charge in [0, 0.05) is 26.6 Å². The number of nitrogens with zero attached hydrogens (tertiary/aromatic N) is 1. The van der Waals surface area contributed by atoms with Gasteiger partial charge in [-0.1, -0.05) is 13.8 Å². The highest BCUT2D eigenvalue weighted by Gasteiger charge is 2.38. The summed E-state index contributed by atoms with van der Waals surface area (Å²) in [6.07, 6.45) is 0.992. The molecule has 106 valence electrons. The average molecular weight is 259 g/mol. The van der Waals surface area contributed by atoms with E-state index < -0.39 is 11.4 Å². The summed E-state index contributed by atoms with van der Waals surface area (Å²) in [4.78, 5) is 25.1. The minimum absolute atomic E-state index is 0.0624. The van der Waals surface area contributed by atoms with Crippen molar-refractivity contribution in [3.05, 3.63) is 0 Å². The Morgan fingerprint density at radius 2 is 1.78 bits per heavy atom. The molecule has 0 aliphatic rings. The first kappa shape index (κ1) is 16.9. The Balaban J connectivity index is 4.71. The molecule has 1 amide bonds. The number of rotatable bonds is 9. The van der Waals surface area contributed by atoms with Crippen LogP contribution in [0.2, 0.25) is 0 Å². The van der Waals surface area contributed by atoms with E-state index in [1.54, 1.807) is 12.0 Å². The van der Waals surface area contributed by atoms with Gasteiger partial charge in [0.05, 0.1) is 12.0 Å². The van der Waals surface area contributed by atoms with Crippen LogP contribution in [0, 0.1) is 5.41 Å². The van der Waals surface area contributed by atoms with Gasteiger partial charge in [-0.3, -0.25) is 9.59 Å². The smallest absolute Gasteiger partial charge is 0.310 e. The standard InChI is InChI=1S/C13H25NO4/c1-5-13(6-2,12(16)17)10-11(15)14(7-3)8-9-18-4/h5-10H2,1-4H3,(H,16,17). The van der Waals surface area contributed by atoms with E-state index in [0.717, 1.165) is 0 Å². The van der Waals surface area contributed by atoms with Crippen LogP contribution in [0.3, 0.4) is 0 Å². The fourth-order valence-electron chi connectivity index (χ4n) is 1.94. The molecular formula is C13H25NO4. The molecule has 0 spiro atoms. The maximum Gasteiger partial charge on any atom is 0.310 e. The molecular weight excluding hydrogens is 234 g/mol. The Morgan fingerprint density at radius 1 is 1.22 bits per heavy atom. The fraction of sp³-hybridized carbons (Fsp3) is 0.846. The maximum absolute atomic E-state index is 12.1. The molecule has 0 aromatic rings. The molecule has 0 saturated heterocycles. The van der Waals surface area contributed by atoms with Crippen molar-refractivity contribution >= 4 is 11.9 Å². The number of carboxylic acids is 1. The Bertz CT molecular complexity index is 274. The van der Waals surface area contributed by atoms with Crippen molar-refractivity contribution in [2.24, 2.45) is 5.41 Å². The number of carbonyl (C=O) groups excluding carboxylic acids is 1. The van der Waals surface area contributed by atoms with Gasteiger partial charge in [0.15, 0.2) is 0 Å². The molecule has 0 unspecified atom stereocenters. The summed E-state index contributed by atoms with van der Waals surface area (Å²) in [5, 5.41) is 9.31. The number of ether oxygens (including phenoxy) is 1. The molecule has 18 heavy (non-hydrogen) atoms. The summed E-state index contributed by atoms with van der Waals surface area (Å²) in [6.45, 7) is 7.07. The maximum atomic E-state index is 12.1. The molecule has 0 rings (SSSR count). The lowest BCUT2D eigenvalue weighted by atomic mass is 9.79. The van der Waals surface area contributed by atoms with Crippen LogP contribution in [-0.2, 0) is 14.3 Å². The zero-order valence-electron chi connectivity index (χ0n) is 11.9. The van der Waals surface area contributed by atoms with E-state index in [4.69, 9.17) is 4.74 Å². The minimum Gasteiger partial charge on any atom is -0.481 e. The van der Waals surface area contributed by atoms with E-state index >= 15 is 0 Å². The van der Waals surface area contributed by atoms with Crippen LogP contribution in [0.4, 0.5) is 0 Å². The van der Waals surface area contributed by atoms with Crippen molar-refractivity contribution in [1.82, 2.24) is 4.90 Å². The van der Waals surface area contributed by atoms with Crippen molar-refractivity contribution in [1.29, 1.82) is 0 Å². The number of hydrogen-bond acceptors (Lipinski definition) is 3. The quantitative estimate of drug-likeness (QED) is 0.685. The summed E-state index contributed by atoms with van der Waals surface area (Å²) < 4.78 is 4.94. The Kier molecular flexibility index (Phi) is 7.59. The number of hydrogen-bond donors (Lipinski definition) is 1. The van der Waals surface area contributed by atoms with Crippen LogP contribution in [0.15, 0.2) is 0 Å². The van der Waals surface area contributed by atoms with Crippen LogP contribution < -0.4 is 0 Å². The fourth-order valence-corrected chi connectivity index (χ4v) is 1.94. The van der Waals surface area contributed by atoms with Gasteiger partial charge in [-0.05, 0) is 19.8 Å². The number of carbonyl (C=O) groups is 2. The summed E-state index contributed by atoms with van der Waals surface area (Å²) >= 11 is 0. The van der Waals surface area contributed by atoms with Crippen LogP contribution in [0.25, 0.3) is 0 Å². The van der Waals surface area contributed by atoms with E-state index in [2.05, 4.69) is 0 Å². The first-order valence-electron chi connectivity index (χ1n) is 6.47. The highest BCUT2D eigenvalue weighted by atomic mass is 16.5. The zero-order chi connectivity index (χ0) is 14.2. The Labute approximate surface area is 109 Å². The molecule has 5 heteroatoms. The lowest BCUT2D eigenvalue weighted by molar-refractivity contribution is -0.154. The van der Waals surface area contributed by atoms with Crippen LogP contribution in [0.1, 0.15) is 40.0 Å². The van der Waals surface area contributed by atoms with Crippen molar-refractivity contribution < 1.29 is 19.4 Å². The third-order valence-electron chi connectivity index (χ3n) is 3.60. The minimum atomic E-state index is -0.933. The first-order chi connectivity index (χ1) is 8.47. The molecule has 5 nitrogen and oxygen atoms in total. The predicted octanol–water partition coefficient (Wildman–Crippen LogP) is 1.76. The largest absolute Gasteiger partial charge is 0.481 e. The number of amides is 1. The molecule has 0 heterocycles. The van der Waals surface area contributed by atoms with Gasteiger partial charge in [-0.15, -0.1) is 0 Å². The Morgan fingerprint density at radius 3 is 2.11 bits per heavy atom. The van der Waals surface area contributed by atoms with E-state index in [1.807, 2.05) is 20.8 Å². The van der Waals surface area contributed by atoms with Gasteiger partial charge in [0.1, 0.15) is 0 Å². The number of carboxylic acid groups (broad SMARTS) is 1. The zero-order valence-corrected chi connectivity index (χ0v) is 11.9. The lowest BCUT2D eigenvalue weighted by Crippen LogP contribution is -2.40. The van der Waals surface area contributed by atoms with Crippen molar-refractivity contribution in [3.63, 3.8) is 0 Å². The molecule has 0 aromatic heterocycles. The van der Waals surface area contributed by atoms with Crippen molar-refractivity contribution in [2.75, 3.05) is 26.8 Å². The van der Waals surface area contributed by atoms with E-state index in [9.17, 15) is 14.7 Å². The number of aliphatic carboxylic acids is 1. The van der Waals surface area contributed by atoms with Crippen molar-refractivity contribution in [3.8, 4) is 0 Å². The van der Waals surface area contributed by atoms with E-state index in [-0.39, 0.29) is 12.3 Å². The van der Waals surface area contributed by atoms with Crippen LogP contribution in [0.5, 0.6) is 0 Å². The van der Waals surface area contributed by atoms with E-state index in [0.29, 0.717) is 32.5 Å². The molecule has 1 N–H and O–H groups in total. The molecule has 0 fully saturated rings. The summed E-state index contributed by atoms with van der Waals surface area (Å²) in [7, 11) is 1.58. The molecule has 0 aliphatic carbocycles. The van der Waals surface area contributed by atoms with Gasteiger partial charge >= 0.3 is 5.97 Å². The predicted molar refractivity (Wildman–Crippen MR) is 69.4 cm³/mol. The van der Waals surface area contributed by atoms with Crippen LogP contribution >= 0.6 is 0 Å². The van der Waals surface area contributed by atoms with Gasteiger partial charge in [-0.2, -0.15) is 0 Å². The van der Waals surface area contributed by atoms with Gasteiger partial charge in [0.25, 0.3) is 0 Å². The van der Waals surface area contributed by atoms with E-state index in [1.165, 1.54) is 0 Å². The Hall–Kier alpha value is -1.10. The monoisotopic (exact) mass is 259 g/mol. The SMILES string of the molecule is CCN(CCOC)C(=O)CC(CC)(CC)C(=O)O. The average Bonchev–Trinajstić information content (AvgIpc) is 2.36. The number of likely N-dealkylation sites (N-methyl/N-ethyl adjacent to an activating group) is 1. The number of methoxy groups -OCH3 is 1. The lowest BCUT2D eigenvalue weighted by Gasteiger charge is -2.29. The second-order valence-electron chi connectivity index (χ2n) is 4.44. The third-order valence-corrected chi connectivity index (χ3v) is 3.60. The van der Waals surface area contributed by atoms with Gasteiger partial charge < -0.3 is 14.7 Å². The summed E-state index contributed by atoms with van der Waals surface area (Å²) in [5.74, 6) is -0.996. The van der Waals surface area contributed by atoms with Gasteiger partial charge in [0.2, 0.25) is 5.91 Å². The topological polar surface area (TPSA) is 66.8 Å². The highest BCUT2D eigenvalue weighted by molar-refractivity contribution is 5.85.